The fourth-order valence-electron chi connectivity index (χ4n) is 10.1. The smallest absolute Gasteiger partial charge is 0.452 e. The number of nitrogens with zero attached hydrogens (tertiary/aromatic N) is 6. The number of likely N-dealkylation sites (N-methyl/N-ethyl adjacent to an activating group) is 1. The minimum atomic E-state index is -5.91. The van der Waals surface area contributed by atoms with Crippen molar-refractivity contribution in [3.8, 4) is 11.5 Å². The van der Waals surface area contributed by atoms with Gasteiger partial charge < -0.3 is 60.2 Å². The minimum Gasteiger partial charge on any atom is -0.452 e. The van der Waals surface area contributed by atoms with Crippen LogP contribution in [0.1, 0.15) is 71.7 Å². The zero-order valence-corrected chi connectivity index (χ0v) is 46.4. The number of anilines is 2. The molecule has 2 amide bonds. The molecule has 4 aromatic rings. The third-order valence-corrected chi connectivity index (χ3v) is 17.5. The Bertz CT molecular complexity index is 3650. The van der Waals surface area contributed by atoms with Gasteiger partial charge in [-0.3, -0.25) is 28.2 Å². The Labute approximate surface area is 444 Å². The van der Waals surface area contributed by atoms with Crippen molar-refractivity contribution < 1.29 is 92.9 Å². The van der Waals surface area contributed by atoms with E-state index in [2.05, 4.69) is 72.4 Å². The molecule has 6 atom stereocenters. The van der Waals surface area contributed by atoms with E-state index in [1.165, 1.54) is 17.9 Å². The van der Waals surface area contributed by atoms with Crippen molar-refractivity contribution in [3.05, 3.63) is 74.9 Å². The number of phosphoric acid groups is 3. The first-order valence-corrected chi connectivity index (χ1v) is 30.0. The van der Waals surface area contributed by atoms with Gasteiger partial charge in [0.1, 0.15) is 35.6 Å². The van der Waals surface area contributed by atoms with Crippen LogP contribution in [-0.4, -0.2) is 132 Å². The number of aliphatic hydroxyl groups is 1. The SMILES string of the molecule is CCN1c2cc3c(cc2C(C)=CC1(C)C)N=c1cc2c(cc1O3)=[N+](CCCC(=O)NCCNC(=O)O[C@@H]1[C@H](O)[C@@H](COP(=O)(O)OP(=O)(O)OP(=O)(O)O)O[C@H]1[n+]1cn(C)c3c(=O)[nH]c(N)nc31)C(C)(C)C=C2CS(=O)(=O)O. The Balaban J connectivity index is 0.933. The standard InChI is InChI=1S/C44H57N10O20P3S/c1-8-53-29-16-31-27(14-25(29)23(2)18-43(53,3)4)48-28-15-26-24(21-78(66,67)68)19-44(5,6)54(30(26)17-32(28)70-31)13-9-10-34(55)46-11-12-47-42(58)72-37-36(56)33(20-69-76(62,63)74-77(64,65)73-75(59,60)61)71-40(37)52-22-51(7)35-38(52)49-41(45)50-39(35)57/h14-19,22,33,36-37,40,56H,8-13,20-21H2,1-7H3,(H8-2,45,46,47,49,50,55,57,58,59,60,61,62,63,64,65,66,67,68)/p+2/t33-,36-,37-,40-/m1/s1. The fourth-order valence-corrected chi connectivity index (χ4v) is 13.7. The quantitative estimate of drug-likeness (QED) is 0.0239. The molecule has 1 saturated heterocycles. The molecule has 1 fully saturated rings. The molecule has 0 spiro atoms. The Morgan fingerprint density at radius 1 is 0.987 bits per heavy atom. The molecule has 2 aromatic carbocycles. The van der Waals surface area contributed by atoms with Crippen LogP contribution in [0.15, 0.2) is 52.5 Å². The maximum atomic E-state index is 13.2. The van der Waals surface area contributed by atoms with Crippen molar-refractivity contribution in [1.29, 1.82) is 0 Å². The summed E-state index contributed by atoms with van der Waals surface area (Å²) in [6.07, 6.45) is -2.63. The predicted molar refractivity (Wildman–Crippen MR) is 275 cm³/mol. The molecule has 0 bridgehead atoms. The third kappa shape index (κ3) is 12.8. The van der Waals surface area contributed by atoms with Crippen LogP contribution in [0.5, 0.6) is 11.5 Å². The summed E-state index contributed by atoms with van der Waals surface area (Å²) < 4.78 is 105. The number of hydrogen-bond acceptors (Lipinski definition) is 19. The Kier molecular flexibility index (Phi) is 16.0. The van der Waals surface area contributed by atoms with E-state index in [4.69, 9.17) is 34.7 Å². The van der Waals surface area contributed by atoms with E-state index in [0.29, 0.717) is 52.0 Å². The summed E-state index contributed by atoms with van der Waals surface area (Å²) in [5.41, 5.74) is 8.37. The molecule has 30 nitrogen and oxygen atoms in total. The lowest BCUT2D eigenvalue weighted by Crippen LogP contribution is -2.50. The summed E-state index contributed by atoms with van der Waals surface area (Å²) in [5.74, 6) is -0.440. The molecule has 8 rings (SSSR count). The number of aromatic amines is 1. The number of rotatable bonds is 19. The van der Waals surface area contributed by atoms with E-state index >= 15 is 0 Å². The number of phosphoric ester groups is 1. The van der Waals surface area contributed by atoms with Gasteiger partial charge in [-0.05, 0) is 57.0 Å². The van der Waals surface area contributed by atoms with Crippen LogP contribution in [0.2, 0.25) is 0 Å². The average molecular weight is 1170 g/mol. The van der Waals surface area contributed by atoms with E-state index < -0.39 is 93.6 Å². The van der Waals surface area contributed by atoms with Gasteiger partial charge in [0, 0.05) is 63.6 Å². The van der Waals surface area contributed by atoms with Crippen molar-refractivity contribution in [2.24, 2.45) is 12.0 Å². The number of imidazole rings is 1. The highest BCUT2D eigenvalue weighted by Crippen LogP contribution is 2.66. The lowest BCUT2D eigenvalue weighted by atomic mass is 9.88. The van der Waals surface area contributed by atoms with Crippen LogP contribution >= 0.6 is 23.5 Å². The predicted octanol–water partition coefficient (Wildman–Crippen LogP) is 1.06. The highest BCUT2D eigenvalue weighted by atomic mass is 32.2. The molecule has 2 aromatic heterocycles. The number of benzene rings is 2. The van der Waals surface area contributed by atoms with Crippen molar-refractivity contribution in [3.63, 3.8) is 0 Å². The number of H-pyrrole nitrogens is 1. The van der Waals surface area contributed by atoms with Gasteiger partial charge in [-0.15, -0.1) is 0 Å². The second-order valence-electron chi connectivity index (χ2n) is 19.8. The molecule has 0 radical (unpaired) electrons. The number of aliphatic hydroxyl groups excluding tert-OH is 1. The van der Waals surface area contributed by atoms with E-state index in [9.17, 15) is 55.9 Å². The number of carbonyl (C=O) groups is 2. The lowest BCUT2D eigenvalue weighted by Gasteiger charge is -2.43. The van der Waals surface area contributed by atoms with Crippen molar-refractivity contribution in [2.45, 2.75) is 90.0 Å². The molecule has 0 saturated carbocycles. The second kappa shape index (κ2) is 21.4. The zero-order valence-electron chi connectivity index (χ0n) is 42.9. The van der Waals surface area contributed by atoms with E-state index in [-0.39, 0.29) is 42.2 Å². The highest BCUT2D eigenvalue weighted by Gasteiger charge is 2.52. The number of nitrogens with two attached hydrogens (primary N) is 1. The molecule has 4 aliphatic rings. The molecule has 4 aliphatic heterocycles. The maximum absolute atomic E-state index is 13.2. The van der Waals surface area contributed by atoms with Gasteiger partial charge in [0.05, 0.1) is 30.8 Å². The number of carbonyl (C=O) groups excluding carboxylic acids is 2. The van der Waals surface area contributed by atoms with Gasteiger partial charge in [0.25, 0.3) is 21.6 Å². The number of aryl methyl sites for hydroxylation is 1. The Hall–Kier alpha value is -5.75. The lowest BCUT2D eigenvalue weighted by molar-refractivity contribution is -0.745. The number of ether oxygens (including phenoxy) is 3. The largest absolute Gasteiger partial charge is 0.490 e. The first-order chi connectivity index (χ1) is 36.1. The van der Waals surface area contributed by atoms with Crippen LogP contribution < -0.4 is 51.4 Å². The first kappa shape index (κ1) is 58.4. The molecular formula is C44H59N10O20P3S+2. The number of hydrogen-bond donors (Lipinski definition) is 10. The van der Waals surface area contributed by atoms with Crippen molar-refractivity contribution in [2.75, 3.05) is 49.2 Å². The molecule has 6 heterocycles. The van der Waals surface area contributed by atoms with Gasteiger partial charge in [-0.1, -0.05) is 11.1 Å². The molecule has 424 valence electrons. The molecule has 78 heavy (non-hydrogen) atoms. The number of fused-ring (bicyclic) bond motifs is 5. The molecule has 2 unspecified atom stereocenters. The third-order valence-electron chi connectivity index (χ3n) is 13.1. The highest BCUT2D eigenvalue weighted by molar-refractivity contribution is 7.86. The van der Waals surface area contributed by atoms with Crippen LogP contribution in [0.4, 0.5) is 22.1 Å². The van der Waals surface area contributed by atoms with Crippen LogP contribution in [-0.2, 0) is 58.3 Å². The summed E-state index contributed by atoms with van der Waals surface area (Å²) >= 11 is 0. The Morgan fingerprint density at radius 3 is 2.37 bits per heavy atom. The van der Waals surface area contributed by atoms with Gasteiger partial charge in [0.2, 0.25) is 23.0 Å². The minimum absolute atomic E-state index is 0.0000973. The number of nitrogens with one attached hydrogen (secondary N) is 3. The van der Waals surface area contributed by atoms with Crippen LogP contribution in [0.3, 0.4) is 0 Å². The topological polar surface area (TPSA) is 419 Å². The summed E-state index contributed by atoms with van der Waals surface area (Å²) in [7, 11) is -20.4. The monoisotopic (exact) mass is 1170 g/mol. The normalized spacial score (nSPS) is 21.8. The molecule has 0 aliphatic carbocycles. The average Bonchev–Trinajstić information content (AvgIpc) is 3.93. The number of allylic oxidation sites excluding steroid dienone is 1. The summed E-state index contributed by atoms with van der Waals surface area (Å²) in [5, 5.41) is 17.5. The second-order valence-corrected chi connectivity index (χ2v) is 25.6. The number of nitrogen functional groups attached to an aromatic ring is 1. The zero-order chi connectivity index (χ0) is 57.2. The number of amides is 2. The first-order valence-electron chi connectivity index (χ1n) is 23.9. The number of alkyl carbamates (subject to hydrolysis) is 1. The Morgan fingerprint density at radius 2 is 1.69 bits per heavy atom. The maximum Gasteiger partial charge on any atom is 0.490 e. The van der Waals surface area contributed by atoms with Crippen molar-refractivity contribution >= 4 is 85.2 Å². The van der Waals surface area contributed by atoms with E-state index in [1.54, 1.807) is 18.2 Å². The summed E-state index contributed by atoms with van der Waals surface area (Å²) in [4.78, 5) is 90.2. The van der Waals surface area contributed by atoms with Gasteiger partial charge in [0.15, 0.2) is 29.5 Å². The summed E-state index contributed by atoms with van der Waals surface area (Å²) in [6.45, 7) is 11.7. The molecule has 11 N–H and O–H groups in total. The van der Waals surface area contributed by atoms with E-state index in [1.807, 2.05) is 30.6 Å². The van der Waals surface area contributed by atoms with Crippen LogP contribution in [0.25, 0.3) is 22.3 Å². The van der Waals surface area contributed by atoms with Gasteiger partial charge in [-0.2, -0.15) is 17.0 Å². The fraction of sp³-hybridized carbons (Fsp3) is 0.477. The molecular weight excluding hydrogens is 1110 g/mol. The van der Waals surface area contributed by atoms with Crippen molar-refractivity contribution in [1.82, 2.24) is 29.7 Å². The number of aromatic nitrogens is 4. The van der Waals surface area contributed by atoms with E-state index in [0.717, 1.165) is 27.9 Å². The van der Waals surface area contributed by atoms with Crippen LogP contribution in [0, 0.1) is 0 Å². The van der Waals surface area contributed by atoms with Gasteiger partial charge in [-0.25, -0.2) is 32.6 Å². The van der Waals surface area contributed by atoms with Gasteiger partial charge >= 0.3 is 35.2 Å². The summed E-state index contributed by atoms with van der Waals surface area (Å²) in [6, 6.07) is 7.47. The molecule has 34 heteroatoms.